The lowest BCUT2D eigenvalue weighted by atomic mass is 10.1. The quantitative estimate of drug-likeness (QED) is 0.469. The van der Waals surface area contributed by atoms with Gasteiger partial charge in [0.25, 0.3) is 0 Å². The zero-order valence-corrected chi connectivity index (χ0v) is 14.8. The van der Waals surface area contributed by atoms with Crippen LogP contribution in [0.15, 0.2) is 44.0 Å². The van der Waals surface area contributed by atoms with Crippen LogP contribution in [0.5, 0.6) is 0 Å². The molecule has 0 saturated heterocycles. The summed E-state index contributed by atoms with van der Waals surface area (Å²) in [5.74, 6) is 0.374. The Hall–Kier alpha value is -2.05. The molecule has 0 aliphatic heterocycles. The smallest absolute Gasteiger partial charge is 0.357 e. The van der Waals surface area contributed by atoms with Crippen LogP contribution in [0.3, 0.4) is 0 Å². The maximum atomic E-state index is 12.0. The number of benzene rings is 1. The van der Waals surface area contributed by atoms with E-state index in [-0.39, 0.29) is 5.63 Å². The minimum Gasteiger partial charge on any atom is -0.408 e. The van der Waals surface area contributed by atoms with Crippen molar-refractivity contribution in [3.8, 4) is 11.3 Å². The third-order valence-electron chi connectivity index (χ3n) is 3.67. The van der Waals surface area contributed by atoms with E-state index >= 15 is 0 Å². The third-order valence-corrected chi connectivity index (χ3v) is 5.25. The molecule has 4 nitrogen and oxygen atoms in total. The van der Waals surface area contributed by atoms with E-state index in [0.29, 0.717) is 16.1 Å². The number of rotatable bonds is 1. The molecule has 0 amide bonds. The Balaban J connectivity index is 2.05. The lowest BCUT2D eigenvalue weighted by Crippen LogP contribution is -1.99. The molecule has 0 aliphatic rings. The van der Waals surface area contributed by atoms with Crippen molar-refractivity contribution in [3.05, 3.63) is 56.7 Å². The number of pyridine rings is 1. The molecule has 4 aromatic rings. The molecule has 0 atom stereocenters. The van der Waals surface area contributed by atoms with Crippen molar-refractivity contribution in [3.63, 3.8) is 0 Å². The fourth-order valence-corrected chi connectivity index (χ4v) is 3.97. The molecule has 0 bridgehead atoms. The first kappa shape index (κ1) is 14.5. The highest BCUT2D eigenvalue weighted by Crippen LogP contribution is 2.34. The van der Waals surface area contributed by atoms with Crippen LogP contribution in [-0.2, 0) is 0 Å². The minimum atomic E-state index is -0.347. The van der Waals surface area contributed by atoms with Crippen LogP contribution < -0.4 is 5.63 Å². The molecule has 0 aliphatic carbocycles. The molecule has 6 heteroatoms. The summed E-state index contributed by atoms with van der Waals surface area (Å²) in [5.41, 5.74) is 3.31. The summed E-state index contributed by atoms with van der Waals surface area (Å²) in [6.07, 6.45) is 0. The first-order valence-electron chi connectivity index (χ1n) is 7.00. The first-order chi connectivity index (χ1) is 11.0. The van der Waals surface area contributed by atoms with Crippen LogP contribution >= 0.6 is 27.3 Å². The van der Waals surface area contributed by atoms with E-state index in [0.717, 1.165) is 31.5 Å². The number of aryl methyl sites for hydroxylation is 2. The number of fused-ring (bicyclic) bond motifs is 3. The van der Waals surface area contributed by atoms with Gasteiger partial charge < -0.3 is 4.42 Å². The zero-order valence-electron chi connectivity index (χ0n) is 12.4. The van der Waals surface area contributed by atoms with Gasteiger partial charge in [0.05, 0.1) is 5.69 Å². The Morgan fingerprint density at radius 3 is 2.61 bits per heavy atom. The molecule has 0 spiro atoms. The Morgan fingerprint density at radius 1 is 1.13 bits per heavy atom. The van der Waals surface area contributed by atoms with Gasteiger partial charge >= 0.3 is 5.63 Å². The molecule has 0 radical (unpaired) electrons. The summed E-state index contributed by atoms with van der Waals surface area (Å²) < 4.78 is 6.65. The van der Waals surface area contributed by atoms with E-state index in [9.17, 15) is 4.79 Å². The van der Waals surface area contributed by atoms with Crippen LogP contribution in [0.2, 0.25) is 0 Å². The van der Waals surface area contributed by atoms with E-state index in [4.69, 9.17) is 9.40 Å². The van der Waals surface area contributed by atoms with Crippen molar-refractivity contribution in [2.75, 3.05) is 0 Å². The van der Waals surface area contributed by atoms with Crippen molar-refractivity contribution in [2.24, 2.45) is 0 Å². The SMILES string of the molecule is Cc1nc2c(sc3nc(-c4ccc(Br)cc4)cc(C)c32)c(=O)o1. The summed E-state index contributed by atoms with van der Waals surface area (Å²) in [5, 5.41) is 0.932. The van der Waals surface area contributed by atoms with E-state index in [1.54, 1.807) is 6.92 Å². The number of hydrogen-bond donors (Lipinski definition) is 0. The van der Waals surface area contributed by atoms with Gasteiger partial charge in [0.1, 0.15) is 15.0 Å². The largest absolute Gasteiger partial charge is 0.408 e. The van der Waals surface area contributed by atoms with E-state index in [2.05, 4.69) is 20.9 Å². The normalized spacial score (nSPS) is 11.4. The predicted octanol–water partition coefficient (Wildman–Crippen LogP) is 4.84. The van der Waals surface area contributed by atoms with Crippen LogP contribution in [-0.4, -0.2) is 9.97 Å². The van der Waals surface area contributed by atoms with Crippen molar-refractivity contribution < 1.29 is 4.42 Å². The molecule has 0 N–H and O–H groups in total. The highest BCUT2D eigenvalue weighted by atomic mass is 79.9. The summed E-state index contributed by atoms with van der Waals surface area (Å²) >= 11 is 4.77. The molecule has 4 rings (SSSR count). The lowest BCUT2D eigenvalue weighted by molar-refractivity contribution is 0.468. The van der Waals surface area contributed by atoms with E-state index < -0.39 is 0 Å². The van der Waals surface area contributed by atoms with Crippen molar-refractivity contribution >= 4 is 47.7 Å². The van der Waals surface area contributed by atoms with Gasteiger partial charge in [-0.25, -0.2) is 14.8 Å². The molecule has 0 saturated carbocycles. The van der Waals surface area contributed by atoms with Crippen molar-refractivity contribution in [2.45, 2.75) is 13.8 Å². The number of hydrogen-bond acceptors (Lipinski definition) is 5. The van der Waals surface area contributed by atoms with Gasteiger partial charge in [-0.1, -0.05) is 28.1 Å². The highest BCUT2D eigenvalue weighted by molar-refractivity contribution is 9.10. The second kappa shape index (κ2) is 5.25. The van der Waals surface area contributed by atoms with Crippen LogP contribution in [0.1, 0.15) is 11.5 Å². The minimum absolute atomic E-state index is 0.347. The van der Waals surface area contributed by atoms with Gasteiger partial charge in [0, 0.05) is 22.3 Å². The maximum absolute atomic E-state index is 12.0. The third kappa shape index (κ3) is 2.38. The van der Waals surface area contributed by atoms with Gasteiger partial charge in [-0.15, -0.1) is 11.3 Å². The Kier molecular flexibility index (Phi) is 3.32. The monoisotopic (exact) mass is 386 g/mol. The highest BCUT2D eigenvalue weighted by Gasteiger charge is 2.16. The molecule has 3 heterocycles. The molecule has 23 heavy (non-hydrogen) atoms. The van der Waals surface area contributed by atoms with Gasteiger partial charge in [-0.2, -0.15) is 0 Å². The Labute approximate surface area is 143 Å². The molecule has 3 aromatic heterocycles. The second-order valence-electron chi connectivity index (χ2n) is 5.31. The average Bonchev–Trinajstić information content (AvgIpc) is 2.87. The summed E-state index contributed by atoms with van der Waals surface area (Å²) in [6.45, 7) is 3.70. The summed E-state index contributed by atoms with van der Waals surface area (Å²) in [4.78, 5) is 22.0. The van der Waals surface area contributed by atoms with Gasteiger partial charge in [-0.3, -0.25) is 0 Å². The first-order valence-corrected chi connectivity index (χ1v) is 8.61. The summed E-state index contributed by atoms with van der Waals surface area (Å²) in [6, 6.07) is 10.0. The van der Waals surface area contributed by atoms with Crippen molar-refractivity contribution in [1.29, 1.82) is 0 Å². The molecule has 114 valence electrons. The molecular formula is C17H11BrN2O2S. The van der Waals surface area contributed by atoms with Gasteiger partial charge in [0.2, 0.25) is 0 Å². The topological polar surface area (TPSA) is 56.0 Å². The number of nitrogens with zero attached hydrogens (tertiary/aromatic N) is 2. The molecular weight excluding hydrogens is 376 g/mol. The van der Waals surface area contributed by atoms with Crippen LogP contribution in [0, 0.1) is 13.8 Å². The number of thiophene rings is 1. The molecule has 1 aromatic carbocycles. The Bertz CT molecular complexity index is 1110. The fraction of sp³-hybridized carbons (Fsp3) is 0.118. The predicted molar refractivity (Wildman–Crippen MR) is 96.1 cm³/mol. The number of halogens is 1. The van der Waals surface area contributed by atoms with E-state index in [1.807, 2.05) is 37.3 Å². The van der Waals surface area contributed by atoms with Crippen LogP contribution in [0.25, 0.3) is 31.7 Å². The fourth-order valence-electron chi connectivity index (χ4n) is 2.64. The standard InChI is InChI=1S/C17H11BrN2O2S/c1-8-7-12(10-3-5-11(18)6-4-10)20-16-13(8)14-15(23-16)17(21)22-9(2)19-14/h3-7H,1-2H3. The zero-order chi connectivity index (χ0) is 16.1. The summed E-state index contributed by atoms with van der Waals surface area (Å²) in [7, 11) is 0. The molecule has 0 fully saturated rings. The van der Waals surface area contributed by atoms with Crippen LogP contribution in [0.4, 0.5) is 0 Å². The second-order valence-corrected chi connectivity index (χ2v) is 7.23. The van der Waals surface area contributed by atoms with Gasteiger partial charge in [0.15, 0.2) is 5.89 Å². The van der Waals surface area contributed by atoms with E-state index in [1.165, 1.54) is 11.3 Å². The maximum Gasteiger partial charge on any atom is 0.357 e. The average molecular weight is 387 g/mol. The molecule has 0 unspecified atom stereocenters. The Morgan fingerprint density at radius 2 is 1.87 bits per heavy atom. The lowest BCUT2D eigenvalue weighted by Gasteiger charge is -2.04. The van der Waals surface area contributed by atoms with Gasteiger partial charge in [-0.05, 0) is 30.7 Å². The number of aromatic nitrogens is 2. The van der Waals surface area contributed by atoms with Crippen molar-refractivity contribution in [1.82, 2.24) is 9.97 Å².